The van der Waals surface area contributed by atoms with E-state index in [1.165, 1.54) is 19.2 Å². The highest BCUT2D eigenvalue weighted by atomic mass is 19.1. The SMILES string of the molecule is [C-]#[N+]c1ccc(-c2nc(N3CCC(NC(=O)OC(C)(C)C)CC3)n(CC(=O)O)c(=O)c2-c2ccc(OC)cc2)cc1F. The summed E-state index contributed by atoms with van der Waals surface area (Å²) in [6, 6.07) is 10.4. The lowest BCUT2D eigenvalue weighted by molar-refractivity contribution is -0.137. The van der Waals surface area contributed by atoms with Crippen LogP contribution in [0.5, 0.6) is 5.75 Å². The molecule has 4 rings (SSSR count). The van der Waals surface area contributed by atoms with Crippen molar-refractivity contribution in [3.63, 3.8) is 0 Å². The van der Waals surface area contributed by atoms with Gasteiger partial charge in [0.2, 0.25) is 11.6 Å². The first-order valence-electron chi connectivity index (χ1n) is 13.3. The molecule has 1 amide bonds. The predicted molar refractivity (Wildman–Crippen MR) is 154 cm³/mol. The van der Waals surface area contributed by atoms with Crippen LogP contribution >= 0.6 is 0 Å². The van der Waals surface area contributed by atoms with Crippen molar-refractivity contribution in [3.8, 4) is 28.1 Å². The zero-order chi connectivity index (χ0) is 30.6. The van der Waals surface area contributed by atoms with Crippen LogP contribution in [-0.4, -0.2) is 58.6 Å². The number of aliphatic carboxylic acids is 1. The average molecular weight is 578 g/mol. The summed E-state index contributed by atoms with van der Waals surface area (Å²) in [6.07, 6.45) is 0.455. The van der Waals surface area contributed by atoms with E-state index in [1.54, 1.807) is 49.9 Å². The summed E-state index contributed by atoms with van der Waals surface area (Å²) in [5.74, 6) is -1.34. The zero-order valence-corrected chi connectivity index (χ0v) is 23.8. The number of ether oxygens (including phenoxy) is 2. The second-order valence-corrected chi connectivity index (χ2v) is 10.8. The largest absolute Gasteiger partial charge is 0.497 e. The Kier molecular flexibility index (Phi) is 8.80. The summed E-state index contributed by atoms with van der Waals surface area (Å²) in [4.78, 5) is 47.9. The lowest BCUT2D eigenvalue weighted by Gasteiger charge is -2.34. The van der Waals surface area contributed by atoms with Gasteiger partial charge in [-0.05, 0) is 57.4 Å². The van der Waals surface area contributed by atoms with Gasteiger partial charge in [-0.25, -0.2) is 19.0 Å². The molecule has 0 spiro atoms. The number of carboxylic acid groups (broad SMARTS) is 1. The van der Waals surface area contributed by atoms with Crippen LogP contribution < -0.4 is 20.5 Å². The van der Waals surface area contributed by atoms with Crippen LogP contribution in [0.3, 0.4) is 0 Å². The number of amides is 1. The molecular formula is C30H32FN5O6. The molecule has 0 saturated carbocycles. The smallest absolute Gasteiger partial charge is 0.407 e. The third kappa shape index (κ3) is 6.86. The van der Waals surface area contributed by atoms with Crippen molar-refractivity contribution in [2.45, 2.75) is 51.8 Å². The Morgan fingerprint density at radius 3 is 2.33 bits per heavy atom. The molecule has 220 valence electrons. The Balaban J connectivity index is 1.80. The lowest BCUT2D eigenvalue weighted by Crippen LogP contribution is -2.47. The molecule has 0 radical (unpaired) electrons. The number of carboxylic acids is 1. The van der Waals surface area contributed by atoms with E-state index in [9.17, 15) is 23.9 Å². The fourth-order valence-corrected chi connectivity index (χ4v) is 4.73. The number of hydrogen-bond acceptors (Lipinski definition) is 7. The molecule has 11 nitrogen and oxygen atoms in total. The Bertz CT molecular complexity index is 1580. The molecule has 42 heavy (non-hydrogen) atoms. The average Bonchev–Trinajstić information content (AvgIpc) is 2.93. The van der Waals surface area contributed by atoms with Crippen molar-refractivity contribution < 1.29 is 28.6 Å². The van der Waals surface area contributed by atoms with Crippen LogP contribution in [0.15, 0.2) is 47.3 Å². The number of nitrogens with zero attached hydrogens (tertiary/aromatic N) is 4. The van der Waals surface area contributed by atoms with Gasteiger partial charge in [-0.15, -0.1) is 0 Å². The maximum atomic E-state index is 14.8. The summed E-state index contributed by atoms with van der Waals surface area (Å²) in [7, 11) is 1.50. The van der Waals surface area contributed by atoms with Crippen LogP contribution in [0.4, 0.5) is 20.8 Å². The summed E-state index contributed by atoms with van der Waals surface area (Å²) < 4.78 is 26.4. The highest BCUT2D eigenvalue weighted by Crippen LogP contribution is 2.33. The summed E-state index contributed by atoms with van der Waals surface area (Å²) in [5, 5.41) is 12.5. The van der Waals surface area contributed by atoms with E-state index in [1.807, 2.05) is 0 Å². The van der Waals surface area contributed by atoms with Crippen LogP contribution in [0.25, 0.3) is 27.2 Å². The van der Waals surface area contributed by atoms with Crippen molar-refractivity contribution in [2.24, 2.45) is 0 Å². The number of carbonyl (C=O) groups excluding carboxylic acids is 1. The fraction of sp³-hybridized carbons (Fsp3) is 0.367. The quantitative estimate of drug-likeness (QED) is 0.382. The Morgan fingerprint density at radius 2 is 1.79 bits per heavy atom. The molecule has 2 aromatic carbocycles. The van der Waals surface area contributed by atoms with E-state index in [-0.39, 0.29) is 34.5 Å². The molecule has 1 aromatic heterocycles. The molecule has 0 atom stereocenters. The first-order chi connectivity index (χ1) is 19.9. The number of carbonyl (C=O) groups is 2. The third-order valence-corrected chi connectivity index (χ3v) is 6.66. The van der Waals surface area contributed by atoms with Crippen LogP contribution in [0.1, 0.15) is 33.6 Å². The van der Waals surface area contributed by atoms with Gasteiger partial charge < -0.3 is 24.8 Å². The Morgan fingerprint density at radius 1 is 1.14 bits per heavy atom. The van der Waals surface area contributed by atoms with E-state index in [0.29, 0.717) is 37.2 Å². The monoisotopic (exact) mass is 577 g/mol. The van der Waals surface area contributed by atoms with Gasteiger partial charge in [0.25, 0.3) is 5.56 Å². The van der Waals surface area contributed by atoms with Gasteiger partial charge in [0, 0.05) is 24.7 Å². The van der Waals surface area contributed by atoms with Crippen molar-refractivity contribution in [1.82, 2.24) is 14.9 Å². The minimum absolute atomic E-state index is 0.0825. The van der Waals surface area contributed by atoms with Crippen molar-refractivity contribution in [1.29, 1.82) is 0 Å². The highest BCUT2D eigenvalue weighted by molar-refractivity contribution is 5.82. The molecule has 0 bridgehead atoms. The third-order valence-electron chi connectivity index (χ3n) is 6.66. The molecule has 0 unspecified atom stereocenters. The number of rotatable bonds is 7. The van der Waals surface area contributed by atoms with Gasteiger partial charge in [0.15, 0.2) is 0 Å². The fourth-order valence-electron chi connectivity index (χ4n) is 4.73. The number of piperidine rings is 1. The van der Waals surface area contributed by atoms with E-state index in [4.69, 9.17) is 21.0 Å². The standard InChI is InChI=1S/C30H32FN5O6/c1-30(2,3)42-29(40)33-20-12-14-35(15-13-20)28-34-26(19-8-11-23(32-4)22(31)16-19)25(27(39)36(28)17-24(37)38)18-6-9-21(41-5)10-7-18/h6-11,16,20H,12-15,17H2,1-3,5H3,(H,33,40)(H,37,38). The van der Waals surface area contributed by atoms with E-state index in [0.717, 1.165) is 10.6 Å². The predicted octanol–water partition coefficient (Wildman–Crippen LogP) is 4.85. The van der Waals surface area contributed by atoms with E-state index >= 15 is 0 Å². The number of aromatic nitrogens is 2. The van der Waals surface area contributed by atoms with Crippen molar-refractivity contribution in [2.75, 3.05) is 25.1 Å². The van der Waals surface area contributed by atoms with Crippen LogP contribution in [-0.2, 0) is 16.1 Å². The lowest BCUT2D eigenvalue weighted by atomic mass is 9.99. The Hall–Kier alpha value is -4.92. The summed E-state index contributed by atoms with van der Waals surface area (Å²) >= 11 is 0. The first-order valence-corrected chi connectivity index (χ1v) is 13.3. The summed E-state index contributed by atoms with van der Waals surface area (Å²) in [5.41, 5.74) is -0.520. The van der Waals surface area contributed by atoms with E-state index in [2.05, 4.69) is 10.2 Å². The molecule has 1 aliphatic rings. The Labute approximate surface area is 242 Å². The molecule has 2 N–H and O–H groups in total. The minimum Gasteiger partial charge on any atom is -0.497 e. The minimum atomic E-state index is -1.23. The van der Waals surface area contributed by atoms with Crippen molar-refractivity contribution in [3.05, 3.63) is 70.1 Å². The van der Waals surface area contributed by atoms with Gasteiger partial charge >= 0.3 is 12.1 Å². The number of halogens is 1. The molecule has 1 saturated heterocycles. The number of alkyl carbamates (subject to hydrolysis) is 1. The normalized spacial score (nSPS) is 13.8. The maximum absolute atomic E-state index is 14.8. The molecule has 12 heteroatoms. The van der Waals surface area contributed by atoms with Gasteiger partial charge in [-0.2, -0.15) is 0 Å². The molecule has 3 aromatic rings. The van der Waals surface area contributed by atoms with Crippen molar-refractivity contribution >= 4 is 23.7 Å². The first kappa shape index (κ1) is 30.0. The topological polar surface area (TPSA) is 127 Å². The second kappa shape index (κ2) is 12.3. The second-order valence-electron chi connectivity index (χ2n) is 10.8. The van der Waals surface area contributed by atoms with Gasteiger partial charge in [-0.3, -0.25) is 14.2 Å². The van der Waals surface area contributed by atoms with E-state index < -0.39 is 35.6 Å². The number of nitrogens with one attached hydrogen (secondary N) is 1. The summed E-state index contributed by atoms with van der Waals surface area (Å²) in [6.45, 7) is 12.6. The molecule has 1 fully saturated rings. The maximum Gasteiger partial charge on any atom is 0.407 e. The highest BCUT2D eigenvalue weighted by Gasteiger charge is 2.29. The number of methoxy groups -OCH3 is 1. The van der Waals surface area contributed by atoms with Gasteiger partial charge in [0.05, 0.1) is 24.9 Å². The number of anilines is 1. The number of benzene rings is 2. The van der Waals surface area contributed by atoms with Gasteiger partial charge in [0.1, 0.15) is 23.7 Å². The molecule has 2 heterocycles. The molecular weight excluding hydrogens is 545 g/mol. The van der Waals surface area contributed by atoms with Gasteiger partial charge in [-0.1, -0.05) is 24.3 Å². The van der Waals surface area contributed by atoms with Crippen LogP contribution in [0, 0.1) is 12.4 Å². The molecule has 1 aliphatic heterocycles. The molecule has 0 aliphatic carbocycles. The zero-order valence-electron chi connectivity index (χ0n) is 23.8. The number of hydrogen-bond donors (Lipinski definition) is 2. The van der Waals surface area contributed by atoms with Crippen LogP contribution in [0.2, 0.25) is 0 Å².